The zero-order valence-corrected chi connectivity index (χ0v) is 5.74. The fraction of sp³-hybridized carbons (Fsp3) is 1.00. The first-order valence-electron chi connectivity index (χ1n) is 3.22. The van der Waals surface area contributed by atoms with Crippen LogP contribution in [-0.2, 0) is 4.74 Å². The van der Waals surface area contributed by atoms with E-state index in [1.54, 1.807) is 0 Å². The summed E-state index contributed by atoms with van der Waals surface area (Å²) in [5.74, 6) is 0.264. The quantitative estimate of drug-likeness (QED) is 0.474. The zero-order valence-electron chi connectivity index (χ0n) is 5.74. The average Bonchev–Trinajstić information content (AvgIpc) is 1.98. The van der Waals surface area contributed by atoms with Gasteiger partial charge in [-0.15, -0.1) is 0 Å². The summed E-state index contributed by atoms with van der Waals surface area (Å²) in [6, 6.07) is -0.208. The van der Waals surface area contributed by atoms with Crippen molar-refractivity contribution in [1.29, 1.82) is 0 Å². The average molecular weight is 131 g/mol. The van der Waals surface area contributed by atoms with E-state index in [0.717, 1.165) is 0 Å². The van der Waals surface area contributed by atoms with E-state index in [1.807, 2.05) is 13.8 Å². The monoisotopic (exact) mass is 131 g/mol. The van der Waals surface area contributed by atoms with Gasteiger partial charge in [-0.05, 0) is 6.92 Å². The number of nitrogens with two attached hydrogens (primary N) is 1. The van der Waals surface area contributed by atoms with Gasteiger partial charge in [0.15, 0.2) is 6.29 Å². The van der Waals surface area contributed by atoms with E-state index in [2.05, 4.69) is 0 Å². The van der Waals surface area contributed by atoms with E-state index in [4.69, 9.17) is 15.6 Å². The lowest BCUT2D eigenvalue weighted by atomic mass is 10.0. The van der Waals surface area contributed by atoms with Crippen molar-refractivity contribution < 1.29 is 9.84 Å². The number of aliphatic hydroxyl groups excluding tert-OH is 1. The van der Waals surface area contributed by atoms with Crippen LogP contribution in [0.5, 0.6) is 0 Å². The smallest absolute Gasteiger partial charge is 0.170 e. The molecule has 0 aromatic carbocycles. The fourth-order valence-corrected chi connectivity index (χ4v) is 1.01. The standard InChI is InChI=1S/C6H13NO2/c1-3-4(2)9-6(8)5(3)7/h3-6,8H,7H2,1-2H3/t3-,4+,5-,6?/m1/s1. The van der Waals surface area contributed by atoms with Gasteiger partial charge in [-0.25, -0.2) is 0 Å². The van der Waals surface area contributed by atoms with Gasteiger partial charge in [-0.2, -0.15) is 0 Å². The summed E-state index contributed by atoms with van der Waals surface area (Å²) >= 11 is 0. The van der Waals surface area contributed by atoms with Crippen molar-refractivity contribution in [2.45, 2.75) is 32.3 Å². The molecule has 1 heterocycles. The molecule has 3 N–H and O–H groups in total. The molecular formula is C6H13NO2. The van der Waals surface area contributed by atoms with Crippen molar-refractivity contribution in [2.75, 3.05) is 0 Å². The van der Waals surface area contributed by atoms with Gasteiger partial charge in [0.25, 0.3) is 0 Å². The highest BCUT2D eigenvalue weighted by Gasteiger charge is 2.35. The van der Waals surface area contributed by atoms with E-state index >= 15 is 0 Å². The minimum absolute atomic E-state index is 0.0926. The second-order valence-corrected chi connectivity index (χ2v) is 2.67. The molecule has 0 bridgehead atoms. The third-order valence-electron chi connectivity index (χ3n) is 2.03. The van der Waals surface area contributed by atoms with Crippen LogP contribution in [0.4, 0.5) is 0 Å². The highest BCUT2D eigenvalue weighted by Crippen LogP contribution is 2.22. The largest absolute Gasteiger partial charge is 0.367 e. The molecule has 1 unspecified atom stereocenters. The van der Waals surface area contributed by atoms with Crippen molar-refractivity contribution in [3.05, 3.63) is 0 Å². The van der Waals surface area contributed by atoms with E-state index < -0.39 is 6.29 Å². The molecule has 54 valence electrons. The van der Waals surface area contributed by atoms with E-state index in [-0.39, 0.29) is 18.1 Å². The van der Waals surface area contributed by atoms with Crippen LogP contribution in [0.3, 0.4) is 0 Å². The highest BCUT2D eigenvalue weighted by molar-refractivity contribution is 4.83. The first-order chi connectivity index (χ1) is 4.13. The molecule has 1 aliphatic rings. The number of hydrogen-bond acceptors (Lipinski definition) is 3. The summed E-state index contributed by atoms with van der Waals surface area (Å²) in [7, 11) is 0. The molecule has 3 nitrogen and oxygen atoms in total. The van der Waals surface area contributed by atoms with Crippen molar-refractivity contribution in [1.82, 2.24) is 0 Å². The normalized spacial score (nSPS) is 52.0. The molecule has 1 rings (SSSR count). The summed E-state index contributed by atoms with van der Waals surface area (Å²) in [6.07, 6.45) is -0.662. The molecule has 0 amide bonds. The second-order valence-electron chi connectivity index (χ2n) is 2.67. The molecule has 0 aromatic rings. The molecule has 0 spiro atoms. The zero-order chi connectivity index (χ0) is 7.02. The molecule has 1 saturated heterocycles. The molecule has 0 radical (unpaired) electrons. The van der Waals surface area contributed by atoms with Crippen LogP contribution < -0.4 is 5.73 Å². The minimum Gasteiger partial charge on any atom is -0.367 e. The Kier molecular flexibility index (Phi) is 1.75. The fourth-order valence-electron chi connectivity index (χ4n) is 1.01. The molecule has 0 aromatic heterocycles. The summed E-state index contributed by atoms with van der Waals surface area (Å²) < 4.78 is 5.02. The van der Waals surface area contributed by atoms with Crippen LogP contribution in [0.1, 0.15) is 13.8 Å². The Morgan fingerprint density at radius 2 is 2.00 bits per heavy atom. The summed E-state index contributed by atoms with van der Waals surface area (Å²) in [5.41, 5.74) is 5.54. The maximum absolute atomic E-state index is 8.99. The van der Waals surface area contributed by atoms with Gasteiger partial charge in [0.2, 0.25) is 0 Å². The van der Waals surface area contributed by atoms with Crippen molar-refractivity contribution >= 4 is 0 Å². The van der Waals surface area contributed by atoms with Gasteiger partial charge in [0.05, 0.1) is 12.1 Å². The summed E-state index contributed by atoms with van der Waals surface area (Å²) in [6.45, 7) is 3.90. The molecule has 4 atom stereocenters. The molecule has 9 heavy (non-hydrogen) atoms. The molecule has 0 saturated carbocycles. The molecular weight excluding hydrogens is 118 g/mol. The highest BCUT2D eigenvalue weighted by atomic mass is 16.6. The van der Waals surface area contributed by atoms with E-state index in [0.29, 0.717) is 0 Å². The van der Waals surface area contributed by atoms with Crippen molar-refractivity contribution in [3.8, 4) is 0 Å². The Morgan fingerprint density at radius 1 is 1.44 bits per heavy atom. The van der Waals surface area contributed by atoms with Gasteiger partial charge in [-0.3, -0.25) is 0 Å². The Balaban J connectivity index is 2.54. The lowest BCUT2D eigenvalue weighted by Crippen LogP contribution is -2.34. The topological polar surface area (TPSA) is 55.5 Å². The van der Waals surface area contributed by atoms with Crippen LogP contribution in [0.2, 0.25) is 0 Å². The number of rotatable bonds is 0. The molecule has 1 fully saturated rings. The van der Waals surface area contributed by atoms with Crippen LogP contribution >= 0.6 is 0 Å². The maximum atomic E-state index is 8.99. The Bertz CT molecular complexity index is 95.2. The first kappa shape index (κ1) is 6.99. The van der Waals surface area contributed by atoms with Crippen molar-refractivity contribution in [2.24, 2.45) is 11.7 Å². The lowest BCUT2D eigenvalue weighted by Gasteiger charge is -2.09. The Morgan fingerprint density at radius 3 is 2.11 bits per heavy atom. The van der Waals surface area contributed by atoms with Gasteiger partial charge < -0.3 is 15.6 Å². The first-order valence-corrected chi connectivity index (χ1v) is 3.22. The third kappa shape index (κ3) is 1.08. The minimum atomic E-state index is -0.755. The van der Waals surface area contributed by atoms with Crippen LogP contribution in [0, 0.1) is 5.92 Å². The molecule has 1 aliphatic heterocycles. The van der Waals surface area contributed by atoms with Crippen molar-refractivity contribution in [3.63, 3.8) is 0 Å². The van der Waals surface area contributed by atoms with Crippen LogP contribution in [0.15, 0.2) is 0 Å². The summed E-state index contributed by atoms with van der Waals surface area (Å²) in [5, 5.41) is 8.99. The van der Waals surface area contributed by atoms with Crippen LogP contribution in [-0.4, -0.2) is 23.5 Å². The molecule has 0 aliphatic carbocycles. The third-order valence-corrected chi connectivity index (χ3v) is 2.03. The maximum Gasteiger partial charge on any atom is 0.170 e. The number of ether oxygens (including phenoxy) is 1. The lowest BCUT2D eigenvalue weighted by molar-refractivity contribution is -0.0915. The second kappa shape index (κ2) is 2.25. The Hall–Kier alpha value is -0.120. The number of aliphatic hydroxyl groups is 1. The predicted molar refractivity (Wildman–Crippen MR) is 33.7 cm³/mol. The van der Waals surface area contributed by atoms with Gasteiger partial charge in [0, 0.05) is 5.92 Å². The van der Waals surface area contributed by atoms with E-state index in [1.165, 1.54) is 0 Å². The Labute approximate surface area is 54.8 Å². The van der Waals surface area contributed by atoms with Gasteiger partial charge in [0.1, 0.15) is 0 Å². The predicted octanol–water partition coefficient (Wildman–Crippen LogP) is -0.313. The van der Waals surface area contributed by atoms with Gasteiger partial charge >= 0.3 is 0 Å². The van der Waals surface area contributed by atoms with E-state index in [9.17, 15) is 0 Å². The SMILES string of the molecule is C[C@@H]1[C@H](C)OC(O)[C@@H]1N. The molecule has 3 heteroatoms. The summed E-state index contributed by atoms with van der Waals surface area (Å²) in [4.78, 5) is 0. The van der Waals surface area contributed by atoms with Crippen LogP contribution in [0.25, 0.3) is 0 Å². The van der Waals surface area contributed by atoms with Gasteiger partial charge in [-0.1, -0.05) is 6.92 Å². The number of hydrogen-bond donors (Lipinski definition) is 2.